The normalized spacial score (nSPS) is 10.1. The van der Waals surface area contributed by atoms with Gasteiger partial charge in [-0.05, 0) is 6.92 Å². The summed E-state index contributed by atoms with van der Waals surface area (Å²) >= 11 is 0. The van der Waals surface area contributed by atoms with Crippen molar-refractivity contribution < 1.29 is 4.92 Å². The van der Waals surface area contributed by atoms with Crippen LogP contribution in [0.1, 0.15) is 11.4 Å². The highest BCUT2D eigenvalue weighted by atomic mass is 16.6. The first-order valence-corrected chi connectivity index (χ1v) is 5.80. The topological polar surface area (TPSA) is 119 Å². The summed E-state index contributed by atoms with van der Waals surface area (Å²) in [6.45, 7) is 2.12. The number of nitrogens with zero attached hydrogens (tertiary/aromatic N) is 5. The van der Waals surface area contributed by atoms with E-state index in [-0.39, 0.29) is 23.9 Å². The molecule has 2 rings (SSSR count). The van der Waals surface area contributed by atoms with Gasteiger partial charge in [-0.2, -0.15) is 0 Å². The third-order valence-electron chi connectivity index (χ3n) is 2.51. The van der Waals surface area contributed by atoms with Crippen molar-refractivity contribution in [1.29, 1.82) is 0 Å². The largest absolute Gasteiger partial charge is 0.367 e. The van der Waals surface area contributed by atoms with Gasteiger partial charge in [-0.15, -0.1) is 0 Å². The van der Waals surface area contributed by atoms with Crippen molar-refractivity contribution in [2.75, 3.05) is 17.7 Å². The number of aromatic nitrogens is 4. The molecule has 0 spiro atoms. The Balaban J connectivity index is 2.21. The molecule has 2 N–H and O–H groups in total. The maximum absolute atomic E-state index is 11.1. The van der Waals surface area contributed by atoms with Gasteiger partial charge in [0.1, 0.15) is 6.33 Å². The van der Waals surface area contributed by atoms with E-state index in [2.05, 4.69) is 30.6 Å². The molecule has 9 nitrogen and oxygen atoms in total. The number of nitro groups is 1. The van der Waals surface area contributed by atoms with E-state index in [1.54, 1.807) is 19.4 Å². The quantitative estimate of drug-likeness (QED) is 0.615. The Hall–Kier alpha value is -2.84. The molecule has 0 atom stereocenters. The number of nitrogens with one attached hydrogen (secondary N) is 2. The van der Waals surface area contributed by atoms with E-state index in [0.29, 0.717) is 5.69 Å². The van der Waals surface area contributed by atoms with Gasteiger partial charge >= 0.3 is 5.69 Å². The Morgan fingerprint density at radius 2 is 1.95 bits per heavy atom. The van der Waals surface area contributed by atoms with E-state index in [9.17, 15) is 10.1 Å². The Morgan fingerprint density at radius 1 is 1.20 bits per heavy atom. The van der Waals surface area contributed by atoms with Crippen LogP contribution in [0.25, 0.3) is 0 Å². The predicted octanol–water partition coefficient (Wildman–Crippen LogP) is 1.14. The molecular formula is C11H13N7O2. The zero-order chi connectivity index (χ0) is 14.5. The molecule has 9 heteroatoms. The smallest absolute Gasteiger partial charge is 0.353 e. The summed E-state index contributed by atoms with van der Waals surface area (Å²) in [5, 5.41) is 16.6. The van der Waals surface area contributed by atoms with Gasteiger partial charge in [0.25, 0.3) is 0 Å². The molecule has 0 radical (unpaired) electrons. The molecule has 2 aromatic heterocycles. The molecule has 0 aromatic carbocycles. The Kier molecular flexibility index (Phi) is 3.99. The van der Waals surface area contributed by atoms with Gasteiger partial charge in [0, 0.05) is 13.2 Å². The first-order chi connectivity index (χ1) is 9.61. The maximum atomic E-state index is 11.1. The van der Waals surface area contributed by atoms with Crippen LogP contribution in [0.15, 0.2) is 18.7 Å². The minimum Gasteiger partial charge on any atom is -0.367 e. The van der Waals surface area contributed by atoms with Gasteiger partial charge in [-0.3, -0.25) is 20.1 Å². The van der Waals surface area contributed by atoms with E-state index in [1.165, 1.54) is 6.33 Å². The molecule has 0 aliphatic carbocycles. The molecule has 0 saturated heterocycles. The second-order valence-electron chi connectivity index (χ2n) is 3.93. The van der Waals surface area contributed by atoms with Crippen LogP contribution in [0.2, 0.25) is 0 Å². The number of aryl methyl sites for hydroxylation is 1. The predicted molar refractivity (Wildman–Crippen MR) is 72.3 cm³/mol. The van der Waals surface area contributed by atoms with Crippen molar-refractivity contribution in [1.82, 2.24) is 19.9 Å². The van der Waals surface area contributed by atoms with Crippen LogP contribution in [0.3, 0.4) is 0 Å². The lowest BCUT2D eigenvalue weighted by atomic mass is 10.4. The van der Waals surface area contributed by atoms with Crippen LogP contribution < -0.4 is 10.6 Å². The van der Waals surface area contributed by atoms with Gasteiger partial charge in [-0.1, -0.05) is 0 Å². The summed E-state index contributed by atoms with van der Waals surface area (Å²) in [6.07, 6.45) is 4.49. The zero-order valence-corrected chi connectivity index (χ0v) is 11.0. The van der Waals surface area contributed by atoms with Gasteiger partial charge < -0.3 is 10.6 Å². The van der Waals surface area contributed by atoms with Gasteiger partial charge in [0.15, 0.2) is 0 Å². The molecule has 0 bridgehead atoms. The highest BCUT2D eigenvalue weighted by Gasteiger charge is 2.21. The van der Waals surface area contributed by atoms with Crippen LogP contribution in [0.4, 0.5) is 17.3 Å². The Morgan fingerprint density at radius 3 is 2.55 bits per heavy atom. The molecule has 20 heavy (non-hydrogen) atoms. The summed E-state index contributed by atoms with van der Waals surface area (Å²) < 4.78 is 0. The standard InChI is InChI=1S/C11H13N7O2/c1-7-3-14-8(4-13-7)5-15-11-9(18(19)20)10(12-2)16-6-17-11/h3-4,6H,5H2,1-2H3,(H2,12,15,16,17). The minimum atomic E-state index is -0.533. The van der Waals surface area contributed by atoms with E-state index in [0.717, 1.165) is 5.69 Å². The van der Waals surface area contributed by atoms with Crippen molar-refractivity contribution in [2.45, 2.75) is 13.5 Å². The summed E-state index contributed by atoms with van der Waals surface area (Å²) in [5.41, 5.74) is 1.27. The summed E-state index contributed by atoms with van der Waals surface area (Å²) in [6, 6.07) is 0. The molecular weight excluding hydrogens is 262 g/mol. The second kappa shape index (κ2) is 5.87. The van der Waals surface area contributed by atoms with E-state index in [1.807, 2.05) is 6.92 Å². The number of anilines is 2. The molecule has 2 heterocycles. The third-order valence-corrected chi connectivity index (χ3v) is 2.51. The molecule has 104 valence electrons. The van der Waals surface area contributed by atoms with Crippen LogP contribution in [0.5, 0.6) is 0 Å². The van der Waals surface area contributed by atoms with Gasteiger partial charge in [0.05, 0.1) is 29.1 Å². The molecule has 0 fully saturated rings. The summed E-state index contributed by atoms with van der Waals surface area (Å²) in [4.78, 5) is 26.5. The lowest BCUT2D eigenvalue weighted by Gasteiger charge is -2.07. The molecule has 0 unspecified atom stereocenters. The highest BCUT2D eigenvalue weighted by molar-refractivity contribution is 5.68. The maximum Gasteiger partial charge on any atom is 0.353 e. The average molecular weight is 275 g/mol. The van der Waals surface area contributed by atoms with Crippen molar-refractivity contribution >= 4 is 17.3 Å². The first kappa shape index (κ1) is 13.6. The van der Waals surface area contributed by atoms with Crippen LogP contribution in [-0.4, -0.2) is 31.9 Å². The fourth-order valence-corrected chi connectivity index (χ4v) is 1.55. The average Bonchev–Trinajstić information content (AvgIpc) is 2.46. The van der Waals surface area contributed by atoms with Crippen LogP contribution in [0, 0.1) is 17.0 Å². The molecule has 0 aliphatic heterocycles. The fourth-order valence-electron chi connectivity index (χ4n) is 1.55. The minimum absolute atomic E-state index is 0.136. The van der Waals surface area contributed by atoms with Crippen molar-refractivity contribution in [3.63, 3.8) is 0 Å². The molecule has 0 aliphatic rings. The lowest BCUT2D eigenvalue weighted by molar-refractivity contribution is -0.383. The lowest BCUT2D eigenvalue weighted by Crippen LogP contribution is -2.09. The third kappa shape index (κ3) is 2.94. The summed E-state index contributed by atoms with van der Waals surface area (Å²) in [7, 11) is 1.56. The Bertz CT molecular complexity index is 615. The van der Waals surface area contributed by atoms with E-state index >= 15 is 0 Å². The van der Waals surface area contributed by atoms with E-state index < -0.39 is 4.92 Å². The highest BCUT2D eigenvalue weighted by Crippen LogP contribution is 2.28. The van der Waals surface area contributed by atoms with E-state index in [4.69, 9.17) is 0 Å². The van der Waals surface area contributed by atoms with Gasteiger partial charge in [0.2, 0.25) is 11.6 Å². The van der Waals surface area contributed by atoms with Crippen LogP contribution >= 0.6 is 0 Å². The first-order valence-electron chi connectivity index (χ1n) is 5.80. The van der Waals surface area contributed by atoms with Crippen molar-refractivity contribution in [3.8, 4) is 0 Å². The summed E-state index contributed by atoms with van der Waals surface area (Å²) in [5.74, 6) is 0.291. The van der Waals surface area contributed by atoms with Gasteiger partial charge in [-0.25, -0.2) is 9.97 Å². The second-order valence-corrected chi connectivity index (χ2v) is 3.93. The van der Waals surface area contributed by atoms with Crippen LogP contribution in [-0.2, 0) is 6.54 Å². The zero-order valence-electron chi connectivity index (χ0n) is 11.0. The monoisotopic (exact) mass is 275 g/mol. The van der Waals surface area contributed by atoms with Crippen molar-refractivity contribution in [2.24, 2.45) is 0 Å². The number of rotatable bonds is 5. The number of hydrogen-bond donors (Lipinski definition) is 2. The van der Waals surface area contributed by atoms with Crippen molar-refractivity contribution in [3.05, 3.63) is 40.2 Å². The SMILES string of the molecule is CNc1ncnc(NCc2cnc(C)cn2)c1[N+](=O)[O-]. The Labute approximate surface area is 114 Å². The molecule has 0 amide bonds. The number of hydrogen-bond acceptors (Lipinski definition) is 8. The molecule has 0 saturated carbocycles. The fraction of sp³-hybridized carbons (Fsp3) is 0.273. The molecule has 2 aromatic rings.